The van der Waals surface area contributed by atoms with Gasteiger partial charge in [0.15, 0.2) is 5.16 Å². The van der Waals surface area contributed by atoms with E-state index in [2.05, 4.69) is 17.1 Å². The van der Waals surface area contributed by atoms with Crippen LogP contribution in [-0.2, 0) is 17.8 Å². The van der Waals surface area contributed by atoms with E-state index in [9.17, 15) is 9.59 Å². The van der Waals surface area contributed by atoms with Crippen LogP contribution in [0.1, 0.15) is 18.1 Å². The quantitative estimate of drug-likeness (QED) is 0.785. The predicted octanol–water partition coefficient (Wildman–Crippen LogP) is 1.36. The third kappa shape index (κ3) is 3.51. The number of carboxylic acids is 1. The summed E-state index contributed by atoms with van der Waals surface area (Å²) in [5.74, 6) is -1.07. The molecule has 7 heteroatoms. The molecule has 20 heavy (non-hydrogen) atoms. The van der Waals surface area contributed by atoms with Crippen molar-refractivity contribution in [1.82, 2.24) is 14.8 Å². The van der Waals surface area contributed by atoms with Gasteiger partial charge in [0.1, 0.15) is 0 Å². The number of carbonyl (C=O) groups is 1. The summed E-state index contributed by atoms with van der Waals surface area (Å²) in [5, 5.41) is 15.2. The standard InChI is InChI=1S/C13H15N3O3S/c1-2-9-3-5-10(6-4-9)7-16-12(19)14-15-13(16)20-8-11(17)18/h3-6H,2,7-8H2,1H3,(H,14,19)(H,17,18). The fraction of sp³-hybridized carbons (Fsp3) is 0.308. The Balaban J connectivity index is 2.17. The number of nitrogens with zero attached hydrogens (tertiary/aromatic N) is 2. The van der Waals surface area contributed by atoms with Crippen molar-refractivity contribution < 1.29 is 9.90 Å². The van der Waals surface area contributed by atoms with Gasteiger partial charge in [-0.2, -0.15) is 0 Å². The Morgan fingerprint density at radius 3 is 2.60 bits per heavy atom. The molecule has 0 aliphatic carbocycles. The summed E-state index contributed by atoms with van der Waals surface area (Å²) in [7, 11) is 0. The third-order valence-electron chi connectivity index (χ3n) is 2.82. The molecule has 106 valence electrons. The first-order valence-electron chi connectivity index (χ1n) is 6.17. The topological polar surface area (TPSA) is 88.0 Å². The number of aliphatic carboxylic acids is 1. The van der Waals surface area contributed by atoms with Gasteiger partial charge in [0.25, 0.3) is 0 Å². The minimum absolute atomic E-state index is 0.126. The second kappa shape index (κ2) is 6.42. The summed E-state index contributed by atoms with van der Waals surface area (Å²) < 4.78 is 1.44. The van der Waals surface area contributed by atoms with E-state index in [0.717, 1.165) is 23.7 Å². The van der Waals surface area contributed by atoms with E-state index in [0.29, 0.717) is 11.7 Å². The number of nitrogens with one attached hydrogen (secondary N) is 1. The van der Waals surface area contributed by atoms with Gasteiger partial charge in [0.05, 0.1) is 12.3 Å². The number of H-pyrrole nitrogens is 1. The molecule has 0 spiro atoms. The molecule has 2 aromatic rings. The summed E-state index contributed by atoms with van der Waals surface area (Å²) in [5.41, 5.74) is 1.87. The molecule has 1 aromatic carbocycles. The minimum Gasteiger partial charge on any atom is -0.481 e. The zero-order valence-electron chi connectivity index (χ0n) is 11.0. The molecule has 6 nitrogen and oxygen atoms in total. The number of aryl methyl sites for hydroxylation is 1. The second-order valence-corrected chi connectivity index (χ2v) is 5.19. The molecule has 0 saturated heterocycles. The Morgan fingerprint density at radius 2 is 2.00 bits per heavy atom. The van der Waals surface area contributed by atoms with Crippen molar-refractivity contribution in [3.05, 3.63) is 45.9 Å². The van der Waals surface area contributed by atoms with E-state index in [4.69, 9.17) is 5.11 Å². The summed E-state index contributed by atoms with van der Waals surface area (Å²) in [4.78, 5) is 22.3. The van der Waals surface area contributed by atoms with E-state index >= 15 is 0 Å². The Bertz CT molecular complexity index is 646. The van der Waals surface area contributed by atoms with Crippen LogP contribution >= 0.6 is 11.8 Å². The van der Waals surface area contributed by atoms with Crippen LogP contribution in [0.4, 0.5) is 0 Å². The zero-order chi connectivity index (χ0) is 14.5. The molecule has 1 aromatic heterocycles. The molecule has 0 saturated carbocycles. The number of carboxylic acid groups (broad SMARTS) is 1. The Labute approximate surface area is 119 Å². The molecule has 0 aliphatic rings. The largest absolute Gasteiger partial charge is 0.481 e. The van der Waals surface area contributed by atoms with Gasteiger partial charge < -0.3 is 5.11 Å². The van der Waals surface area contributed by atoms with Gasteiger partial charge in [0, 0.05) is 0 Å². The highest BCUT2D eigenvalue weighted by molar-refractivity contribution is 7.99. The second-order valence-electron chi connectivity index (χ2n) is 4.25. The lowest BCUT2D eigenvalue weighted by atomic mass is 10.1. The predicted molar refractivity (Wildman–Crippen MR) is 76.1 cm³/mol. The molecule has 0 amide bonds. The summed E-state index contributed by atoms with van der Waals surface area (Å²) >= 11 is 1.02. The minimum atomic E-state index is -0.940. The molecule has 0 radical (unpaired) electrons. The van der Waals surface area contributed by atoms with Crippen LogP contribution in [0.15, 0.2) is 34.2 Å². The van der Waals surface area contributed by atoms with Crippen molar-refractivity contribution in [3.8, 4) is 0 Å². The van der Waals surface area contributed by atoms with Crippen LogP contribution in [0, 0.1) is 0 Å². The molecule has 0 aliphatic heterocycles. The monoisotopic (exact) mass is 293 g/mol. The molecular weight excluding hydrogens is 278 g/mol. The lowest BCUT2D eigenvalue weighted by Crippen LogP contribution is -2.18. The SMILES string of the molecule is CCc1ccc(Cn2c(SCC(=O)O)n[nH]c2=O)cc1. The highest BCUT2D eigenvalue weighted by atomic mass is 32.2. The molecular formula is C13H15N3O3S. The van der Waals surface area contributed by atoms with Crippen molar-refractivity contribution in [1.29, 1.82) is 0 Å². The van der Waals surface area contributed by atoms with Gasteiger partial charge in [-0.3, -0.25) is 9.36 Å². The first-order chi connectivity index (χ1) is 9.60. The molecule has 2 N–H and O–H groups in total. The number of thioether (sulfide) groups is 1. The molecule has 0 unspecified atom stereocenters. The number of hydrogen-bond donors (Lipinski definition) is 2. The number of aromatic nitrogens is 3. The van der Waals surface area contributed by atoms with Gasteiger partial charge in [-0.1, -0.05) is 43.0 Å². The fourth-order valence-corrected chi connectivity index (χ4v) is 2.41. The molecule has 0 bridgehead atoms. The maximum atomic E-state index is 11.7. The van der Waals surface area contributed by atoms with Crippen LogP contribution in [0.25, 0.3) is 0 Å². The van der Waals surface area contributed by atoms with Crippen molar-refractivity contribution >= 4 is 17.7 Å². The number of aromatic amines is 1. The molecule has 1 heterocycles. The van der Waals surface area contributed by atoms with Crippen LogP contribution in [0.5, 0.6) is 0 Å². The smallest absolute Gasteiger partial charge is 0.344 e. The first-order valence-corrected chi connectivity index (χ1v) is 7.16. The molecule has 0 atom stereocenters. The van der Waals surface area contributed by atoms with Gasteiger partial charge in [-0.05, 0) is 17.5 Å². The first kappa shape index (κ1) is 14.4. The van der Waals surface area contributed by atoms with E-state index < -0.39 is 5.97 Å². The Kier molecular flexibility index (Phi) is 4.62. The van der Waals surface area contributed by atoms with Crippen LogP contribution < -0.4 is 5.69 Å². The maximum absolute atomic E-state index is 11.7. The highest BCUT2D eigenvalue weighted by Crippen LogP contribution is 2.14. The van der Waals surface area contributed by atoms with E-state index in [1.54, 1.807) is 0 Å². The van der Waals surface area contributed by atoms with Gasteiger partial charge in [0.2, 0.25) is 0 Å². The van der Waals surface area contributed by atoms with Crippen LogP contribution in [0.2, 0.25) is 0 Å². The number of rotatable bonds is 6. The zero-order valence-corrected chi connectivity index (χ0v) is 11.8. The molecule has 2 rings (SSSR count). The average Bonchev–Trinajstić information content (AvgIpc) is 2.78. The summed E-state index contributed by atoms with van der Waals surface area (Å²) in [6.45, 7) is 2.46. The fourth-order valence-electron chi connectivity index (χ4n) is 1.74. The normalized spacial score (nSPS) is 10.7. The lowest BCUT2D eigenvalue weighted by Gasteiger charge is -2.05. The maximum Gasteiger partial charge on any atom is 0.344 e. The molecule has 0 fully saturated rings. The van der Waals surface area contributed by atoms with Gasteiger partial charge >= 0.3 is 11.7 Å². The van der Waals surface area contributed by atoms with Crippen molar-refractivity contribution in [2.24, 2.45) is 0 Å². The van der Waals surface area contributed by atoms with Crippen molar-refractivity contribution in [2.45, 2.75) is 25.0 Å². The van der Waals surface area contributed by atoms with E-state index in [1.165, 1.54) is 10.1 Å². The summed E-state index contributed by atoms with van der Waals surface area (Å²) in [6.07, 6.45) is 0.964. The number of hydrogen-bond acceptors (Lipinski definition) is 4. The number of benzene rings is 1. The van der Waals surface area contributed by atoms with E-state index in [1.807, 2.05) is 24.3 Å². The van der Waals surface area contributed by atoms with Crippen molar-refractivity contribution in [2.75, 3.05) is 5.75 Å². The van der Waals surface area contributed by atoms with Gasteiger partial charge in [-0.15, -0.1) is 5.10 Å². The third-order valence-corrected chi connectivity index (χ3v) is 3.78. The van der Waals surface area contributed by atoms with Crippen molar-refractivity contribution in [3.63, 3.8) is 0 Å². The van der Waals surface area contributed by atoms with Crippen LogP contribution in [0.3, 0.4) is 0 Å². The highest BCUT2D eigenvalue weighted by Gasteiger charge is 2.11. The van der Waals surface area contributed by atoms with E-state index in [-0.39, 0.29) is 11.4 Å². The van der Waals surface area contributed by atoms with Gasteiger partial charge in [-0.25, -0.2) is 9.89 Å². The Morgan fingerprint density at radius 1 is 1.35 bits per heavy atom. The summed E-state index contributed by atoms with van der Waals surface area (Å²) in [6, 6.07) is 7.96. The lowest BCUT2D eigenvalue weighted by molar-refractivity contribution is -0.133. The van der Waals surface area contributed by atoms with Crippen LogP contribution in [-0.4, -0.2) is 31.6 Å². The average molecular weight is 293 g/mol. The Hall–Kier alpha value is -2.02.